The number of hydrogen-bond donors (Lipinski definition) is 1. The standard InChI is InChI=1S/C23H21N3O2S/c1-15(17-3-4-19-12-20(28-2)6-5-18(19)11-17)23(27)25-13-22-26-21(14-29-22)16-7-9-24-10-8-16/h3-12,14-15H,13H2,1-2H3,(H,25,27)/t15-/m0/s1. The Bertz CT molecular complexity index is 1140. The summed E-state index contributed by atoms with van der Waals surface area (Å²) in [6, 6.07) is 15.9. The first-order valence-electron chi connectivity index (χ1n) is 9.34. The maximum Gasteiger partial charge on any atom is 0.227 e. The van der Waals surface area contributed by atoms with Gasteiger partial charge in [-0.1, -0.05) is 24.3 Å². The first-order valence-corrected chi connectivity index (χ1v) is 10.2. The molecule has 0 aliphatic heterocycles. The van der Waals surface area contributed by atoms with Gasteiger partial charge in [0.1, 0.15) is 10.8 Å². The van der Waals surface area contributed by atoms with Gasteiger partial charge < -0.3 is 10.1 Å². The lowest BCUT2D eigenvalue weighted by molar-refractivity contribution is -0.122. The third-order valence-corrected chi connectivity index (χ3v) is 5.76. The molecule has 0 fully saturated rings. The van der Waals surface area contributed by atoms with Crippen LogP contribution in [0, 0.1) is 0 Å². The van der Waals surface area contributed by atoms with Crippen LogP contribution in [0.3, 0.4) is 0 Å². The van der Waals surface area contributed by atoms with Gasteiger partial charge >= 0.3 is 0 Å². The lowest BCUT2D eigenvalue weighted by atomic mass is 9.97. The van der Waals surface area contributed by atoms with Crippen molar-refractivity contribution in [3.8, 4) is 17.0 Å². The zero-order chi connectivity index (χ0) is 20.2. The average molecular weight is 404 g/mol. The van der Waals surface area contributed by atoms with Gasteiger partial charge in [-0.05, 0) is 47.5 Å². The second-order valence-electron chi connectivity index (χ2n) is 6.77. The van der Waals surface area contributed by atoms with Crippen LogP contribution in [0.15, 0.2) is 66.3 Å². The number of nitrogens with zero attached hydrogens (tertiary/aromatic N) is 2. The van der Waals surface area contributed by atoms with Gasteiger partial charge in [0.15, 0.2) is 0 Å². The highest BCUT2D eigenvalue weighted by Gasteiger charge is 2.16. The van der Waals surface area contributed by atoms with Gasteiger partial charge in [-0.2, -0.15) is 0 Å². The van der Waals surface area contributed by atoms with E-state index in [2.05, 4.69) is 21.4 Å². The molecule has 29 heavy (non-hydrogen) atoms. The number of methoxy groups -OCH3 is 1. The minimum absolute atomic E-state index is 0.0153. The summed E-state index contributed by atoms with van der Waals surface area (Å²) in [4.78, 5) is 21.3. The number of aromatic nitrogens is 2. The Labute approximate surface area is 173 Å². The predicted octanol–water partition coefficient (Wildman–Crippen LogP) is 4.79. The maximum absolute atomic E-state index is 12.7. The van der Waals surface area contributed by atoms with E-state index in [0.29, 0.717) is 6.54 Å². The highest BCUT2D eigenvalue weighted by atomic mass is 32.1. The maximum atomic E-state index is 12.7. The van der Waals surface area contributed by atoms with Crippen molar-refractivity contribution >= 4 is 28.0 Å². The number of ether oxygens (including phenoxy) is 1. The van der Waals surface area contributed by atoms with Crippen molar-refractivity contribution in [3.05, 3.63) is 76.9 Å². The third-order valence-electron chi connectivity index (χ3n) is 4.91. The summed E-state index contributed by atoms with van der Waals surface area (Å²) in [5, 5.41) is 8.06. The molecule has 0 bridgehead atoms. The number of benzene rings is 2. The fraction of sp³-hybridized carbons (Fsp3) is 0.174. The fourth-order valence-electron chi connectivity index (χ4n) is 3.15. The largest absolute Gasteiger partial charge is 0.497 e. The monoisotopic (exact) mass is 403 g/mol. The van der Waals surface area contributed by atoms with Crippen LogP contribution in [-0.2, 0) is 11.3 Å². The Morgan fingerprint density at radius 2 is 1.86 bits per heavy atom. The van der Waals surface area contributed by atoms with Gasteiger partial charge in [0, 0.05) is 23.3 Å². The van der Waals surface area contributed by atoms with Crippen molar-refractivity contribution in [1.82, 2.24) is 15.3 Å². The molecule has 2 heterocycles. The summed E-state index contributed by atoms with van der Waals surface area (Å²) in [5.74, 6) is 0.560. The molecule has 5 nitrogen and oxygen atoms in total. The van der Waals surface area contributed by atoms with Gasteiger partial charge in [0.05, 0.1) is 25.3 Å². The third kappa shape index (κ3) is 4.27. The Kier molecular flexibility index (Phi) is 5.53. The number of carbonyl (C=O) groups excluding carboxylic acids is 1. The second kappa shape index (κ2) is 8.41. The van der Waals surface area contributed by atoms with E-state index in [-0.39, 0.29) is 11.8 Å². The van der Waals surface area contributed by atoms with Gasteiger partial charge in [0.25, 0.3) is 0 Å². The minimum atomic E-state index is -0.249. The molecule has 0 spiro atoms. The van der Waals surface area contributed by atoms with Crippen molar-refractivity contribution in [1.29, 1.82) is 0 Å². The van der Waals surface area contributed by atoms with E-state index in [1.165, 1.54) is 0 Å². The van der Waals surface area contributed by atoms with Gasteiger partial charge in [-0.15, -0.1) is 11.3 Å². The summed E-state index contributed by atoms with van der Waals surface area (Å²) < 4.78 is 5.27. The average Bonchev–Trinajstić information content (AvgIpc) is 3.26. The lowest BCUT2D eigenvalue weighted by Crippen LogP contribution is -2.27. The van der Waals surface area contributed by atoms with Crippen molar-refractivity contribution in [2.75, 3.05) is 7.11 Å². The van der Waals surface area contributed by atoms with E-state index in [1.807, 2.05) is 54.8 Å². The number of hydrogen-bond acceptors (Lipinski definition) is 5. The molecular formula is C23H21N3O2S. The molecule has 146 valence electrons. The first kappa shape index (κ1) is 19.1. The van der Waals surface area contributed by atoms with E-state index in [9.17, 15) is 4.79 Å². The van der Waals surface area contributed by atoms with Gasteiger partial charge in [-0.3, -0.25) is 9.78 Å². The van der Waals surface area contributed by atoms with Crippen LogP contribution in [0.1, 0.15) is 23.4 Å². The zero-order valence-corrected chi connectivity index (χ0v) is 17.1. The number of thiazole rings is 1. The summed E-state index contributed by atoms with van der Waals surface area (Å²) >= 11 is 1.54. The molecule has 0 aliphatic rings. The van der Waals surface area contributed by atoms with Crippen LogP contribution < -0.4 is 10.1 Å². The Morgan fingerprint density at radius 3 is 2.66 bits per heavy atom. The lowest BCUT2D eigenvalue weighted by Gasteiger charge is -2.13. The molecule has 4 aromatic rings. The predicted molar refractivity (Wildman–Crippen MR) is 116 cm³/mol. The quantitative estimate of drug-likeness (QED) is 0.503. The van der Waals surface area contributed by atoms with Gasteiger partial charge in [-0.25, -0.2) is 4.98 Å². The van der Waals surface area contributed by atoms with E-state index in [4.69, 9.17) is 4.74 Å². The highest BCUT2D eigenvalue weighted by molar-refractivity contribution is 7.09. The topological polar surface area (TPSA) is 64.1 Å². The number of carbonyl (C=O) groups is 1. The minimum Gasteiger partial charge on any atom is -0.497 e. The molecule has 2 aromatic carbocycles. The molecule has 1 N–H and O–H groups in total. The molecule has 0 saturated heterocycles. The first-order chi connectivity index (χ1) is 14.1. The van der Waals surface area contributed by atoms with E-state index >= 15 is 0 Å². The van der Waals surface area contributed by atoms with Crippen LogP contribution in [0.25, 0.3) is 22.0 Å². The molecule has 2 aromatic heterocycles. The Balaban J connectivity index is 1.42. The number of nitrogens with one attached hydrogen (secondary N) is 1. The molecule has 4 rings (SSSR count). The molecule has 0 radical (unpaired) electrons. The smallest absolute Gasteiger partial charge is 0.227 e. The number of fused-ring (bicyclic) bond motifs is 1. The molecule has 1 atom stereocenters. The zero-order valence-electron chi connectivity index (χ0n) is 16.3. The molecule has 0 aliphatic carbocycles. The van der Waals surface area contributed by atoms with Crippen LogP contribution >= 0.6 is 11.3 Å². The molecular weight excluding hydrogens is 382 g/mol. The Hall–Kier alpha value is -3.25. The molecule has 0 unspecified atom stereocenters. The van der Waals surface area contributed by atoms with Gasteiger partial charge in [0.2, 0.25) is 5.91 Å². The molecule has 0 saturated carbocycles. The van der Waals surface area contributed by atoms with Crippen LogP contribution in [-0.4, -0.2) is 23.0 Å². The van der Waals surface area contributed by atoms with E-state index < -0.39 is 0 Å². The van der Waals surface area contributed by atoms with Crippen LogP contribution in [0.5, 0.6) is 5.75 Å². The van der Waals surface area contributed by atoms with E-state index in [0.717, 1.165) is 38.4 Å². The van der Waals surface area contributed by atoms with E-state index in [1.54, 1.807) is 30.8 Å². The normalized spacial score (nSPS) is 11.9. The highest BCUT2D eigenvalue weighted by Crippen LogP contribution is 2.26. The van der Waals surface area contributed by atoms with Crippen molar-refractivity contribution in [3.63, 3.8) is 0 Å². The van der Waals surface area contributed by atoms with Crippen molar-refractivity contribution in [2.45, 2.75) is 19.4 Å². The SMILES string of the molecule is COc1ccc2cc([C@H](C)C(=O)NCc3nc(-c4ccncc4)cs3)ccc2c1. The number of rotatable bonds is 6. The fourth-order valence-corrected chi connectivity index (χ4v) is 3.90. The van der Waals surface area contributed by atoms with Crippen molar-refractivity contribution < 1.29 is 9.53 Å². The molecule has 6 heteroatoms. The molecule has 1 amide bonds. The summed E-state index contributed by atoms with van der Waals surface area (Å²) in [6.45, 7) is 2.34. The summed E-state index contributed by atoms with van der Waals surface area (Å²) in [7, 11) is 1.66. The second-order valence-corrected chi connectivity index (χ2v) is 7.72. The summed E-state index contributed by atoms with van der Waals surface area (Å²) in [5.41, 5.74) is 2.91. The summed E-state index contributed by atoms with van der Waals surface area (Å²) in [6.07, 6.45) is 3.49. The van der Waals surface area contributed by atoms with Crippen molar-refractivity contribution in [2.24, 2.45) is 0 Å². The number of amides is 1. The number of pyridine rings is 1. The van der Waals surface area contributed by atoms with Crippen LogP contribution in [0.4, 0.5) is 0 Å². The van der Waals surface area contributed by atoms with Crippen LogP contribution in [0.2, 0.25) is 0 Å². The Morgan fingerprint density at radius 1 is 1.10 bits per heavy atom.